The molecule has 1 radical (unpaired) electrons. The molecule has 0 aliphatic heterocycles. The quantitative estimate of drug-likeness (QED) is 0.495. The van der Waals surface area contributed by atoms with Crippen LogP contribution in [0.15, 0.2) is 0 Å². The summed E-state index contributed by atoms with van der Waals surface area (Å²) in [4.78, 5) is 0. The summed E-state index contributed by atoms with van der Waals surface area (Å²) in [6, 6.07) is 0. The molecule has 0 saturated carbocycles. The molecule has 0 spiro atoms. The SMILES string of the molecule is CCC[CH2][Pb]([CH2]CCC)[CH2]CCC.[H-]. The standard InChI is InChI=1S/3C4H9.Pb.H/c3*1-3-4-2;;/h3*1,3-4H2,2H3;;/q;;;;-1. The fraction of sp³-hybridized carbons (Fsp3) is 1.00. The Kier molecular flexibility index (Phi) is 11.8. The van der Waals surface area contributed by atoms with Crippen molar-refractivity contribution in [1.82, 2.24) is 0 Å². The van der Waals surface area contributed by atoms with E-state index >= 15 is 0 Å². The fourth-order valence-corrected chi connectivity index (χ4v) is 14.5. The van der Waals surface area contributed by atoms with Crippen molar-refractivity contribution < 1.29 is 1.43 Å². The summed E-state index contributed by atoms with van der Waals surface area (Å²) >= 11 is -0.995. The smallest absolute Gasteiger partial charge is 1.00 e. The van der Waals surface area contributed by atoms with Crippen molar-refractivity contribution in [3.8, 4) is 0 Å². The minimum atomic E-state index is -0.995. The van der Waals surface area contributed by atoms with Crippen LogP contribution in [0.5, 0.6) is 0 Å². The number of hydrogen-bond donors (Lipinski definition) is 0. The maximum absolute atomic E-state index is 2.34. The molecule has 0 aromatic carbocycles. The van der Waals surface area contributed by atoms with E-state index in [1.165, 1.54) is 38.5 Å². The second-order valence-electron chi connectivity index (χ2n) is 4.06. The Morgan fingerprint density at radius 2 is 1.00 bits per heavy atom. The zero-order valence-corrected chi connectivity index (χ0v) is 13.8. The molecule has 0 unspecified atom stereocenters. The molecule has 0 nitrogen and oxygen atoms in total. The van der Waals surface area contributed by atoms with Gasteiger partial charge in [0.05, 0.1) is 0 Å². The van der Waals surface area contributed by atoms with Gasteiger partial charge in [0.1, 0.15) is 0 Å². The van der Waals surface area contributed by atoms with Crippen molar-refractivity contribution in [2.24, 2.45) is 0 Å². The number of rotatable bonds is 9. The van der Waals surface area contributed by atoms with Gasteiger partial charge in [-0.05, 0) is 0 Å². The summed E-state index contributed by atoms with van der Waals surface area (Å²) < 4.78 is 5.09. The molecule has 0 aromatic heterocycles. The second-order valence-corrected chi connectivity index (χ2v) is 15.7. The first kappa shape index (κ1) is 13.9. The Balaban J connectivity index is 0. The van der Waals surface area contributed by atoms with Gasteiger partial charge in [0, 0.05) is 0 Å². The Morgan fingerprint density at radius 3 is 1.23 bits per heavy atom. The van der Waals surface area contributed by atoms with E-state index in [1.807, 2.05) is 0 Å². The molecular weight excluding hydrogens is 351 g/mol. The third-order valence-corrected chi connectivity index (χ3v) is 15.0. The van der Waals surface area contributed by atoms with E-state index in [0.717, 1.165) is 0 Å². The zero-order chi connectivity index (χ0) is 9.94. The molecule has 0 rings (SSSR count). The molecular formula is C12H28Pb-. The average Bonchev–Trinajstić information content (AvgIpc) is 2.17. The van der Waals surface area contributed by atoms with Crippen LogP contribution in [0.2, 0.25) is 11.9 Å². The van der Waals surface area contributed by atoms with Crippen LogP contribution in [0.1, 0.15) is 60.7 Å². The molecule has 0 atom stereocenters. The fourth-order valence-electron chi connectivity index (χ4n) is 1.66. The third kappa shape index (κ3) is 9.23. The van der Waals surface area contributed by atoms with Crippen molar-refractivity contribution in [1.29, 1.82) is 0 Å². The predicted molar refractivity (Wildman–Crippen MR) is 66.0 cm³/mol. The summed E-state index contributed by atoms with van der Waals surface area (Å²) in [5.41, 5.74) is 0. The van der Waals surface area contributed by atoms with Gasteiger partial charge >= 0.3 is 93.9 Å². The number of hydrogen-bond acceptors (Lipinski definition) is 0. The summed E-state index contributed by atoms with van der Waals surface area (Å²) in [5.74, 6) is 0. The first-order valence-electron chi connectivity index (χ1n) is 6.18. The monoisotopic (exact) mass is 380 g/mol. The maximum Gasteiger partial charge on any atom is -1.00 e. The summed E-state index contributed by atoms with van der Waals surface area (Å²) in [7, 11) is 0. The minimum Gasteiger partial charge on any atom is -1.00 e. The van der Waals surface area contributed by atoms with Crippen LogP contribution in [-0.4, -0.2) is 22.7 Å². The van der Waals surface area contributed by atoms with Crippen LogP contribution < -0.4 is 0 Å². The van der Waals surface area contributed by atoms with Gasteiger partial charge in [-0.2, -0.15) is 0 Å². The van der Waals surface area contributed by atoms with E-state index in [1.54, 1.807) is 11.9 Å². The molecule has 0 saturated heterocycles. The largest absolute Gasteiger partial charge is 1.00 e. The molecule has 0 bridgehead atoms. The minimum absolute atomic E-state index is 0. The van der Waals surface area contributed by atoms with Crippen molar-refractivity contribution in [2.45, 2.75) is 71.2 Å². The van der Waals surface area contributed by atoms with E-state index in [0.29, 0.717) is 0 Å². The summed E-state index contributed by atoms with van der Waals surface area (Å²) in [6.07, 6.45) is 8.88. The average molecular weight is 380 g/mol. The second kappa shape index (κ2) is 11.0. The first-order valence-corrected chi connectivity index (χ1v) is 14.4. The molecule has 13 heavy (non-hydrogen) atoms. The zero-order valence-electron chi connectivity index (χ0n) is 10.9. The molecule has 0 aromatic rings. The predicted octanol–water partition coefficient (Wildman–Crippen LogP) is 4.99. The maximum atomic E-state index is 2.34. The number of unbranched alkanes of at least 4 members (excludes halogenated alkanes) is 3. The Morgan fingerprint density at radius 1 is 0.692 bits per heavy atom. The van der Waals surface area contributed by atoms with Gasteiger partial charge in [0.2, 0.25) is 0 Å². The van der Waals surface area contributed by atoms with Crippen LogP contribution in [-0.2, 0) is 0 Å². The van der Waals surface area contributed by atoms with Gasteiger partial charge in [-0.3, -0.25) is 0 Å². The molecule has 81 valence electrons. The molecule has 0 amide bonds. The Labute approximate surface area is 95.1 Å². The van der Waals surface area contributed by atoms with Crippen LogP contribution in [0, 0.1) is 0 Å². The molecule has 0 aliphatic carbocycles. The molecule has 0 N–H and O–H groups in total. The van der Waals surface area contributed by atoms with E-state index < -0.39 is 22.7 Å². The van der Waals surface area contributed by atoms with Crippen LogP contribution >= 0.6 is 0 Å². The van der Waals surface area contributed by atoms with Gasteiger partial charge in [0.15, 0.2) is 0 Å². The van der Waals surface area contributed by atoms with Crippen molar-refractivity contribution >= 4 is 22.7 Å². The summed E-state index contributed by atoms with van der Waals surface area (Å²) in [6.45, 7) is 7.01. The topological polar surface area (TPSA) is 0 Å². The van der Waals surface area contributed by atoms with Gasteiger partial charge in [-0.1, -0.05) is 0 Å². The molecule has 1 heteroatoms. The Hall–Kier alpha value is 0.922. The van der Waals surface area contributed by atoms with E-state index in [-0.39, 0.29) is 1.43 Å². The van der Waals surface area contributed by atoms with Crippen molar-refractivity contribution in [3.05, 3.63) is 0 Å². The van der Waals surface area contributed by atoms with Crippen LogP contribution in [0.3, 0.4) is 0 Å². The van der Waals surface area contributed by atoms with Crippen molar-refractivity contribution in [2.75, 3.05) is 0 Å². The van der Waals surface area contributed by atoms with Gasteiger partial charge in [-0.15, -0.1) is 0 Å². The normalized spacial score (nSPS) is 11.1. The van der Waals surface area contributed by atoms with E-state index in [4.69, 9.17) is 0 Å². The molecule has 0 heterocycles. The van der Waals surface area contributed by atoms with Gasteiger partial charge in [-0.25, -0.2) is 0 Å². The van der Waals surface area contributed by atoms with Gasteiger partial charge < -0.3 is 1.43 Å². The third-order valence-electron chi connectivity index (χ3n) is 2.65. The molecule has 0 aliphatic rings. The molecule has 0 fully saturated rings. The summed E-state index contributed by atoms with van der Waals surface area (Å²) in [5, 5.41) is 0. The van der Waals surface area contributed by atoms with Crippen LogP contribution in [0.25, 0.3) is 0 Å². The first-order chi connectivity index (χ1) is 6.35. The van der Waals surface area contributed by atoms with E-state index in [2.05, 4.69) is 20.8 Å². The van der Waals surface area contributed by atoms with Crippen LogP contribution in [0.4, 0.5) is 0 Å². The Bertz CT molecular complexity index is 77.3. The van der Waals surface area contributed by atoms with E-state index in [9.17, 15) is 0 Å². The van der Waals surface area contributed by atoms with Gasteiger partial charge in [0.25, 0.3) is 0 Å². The van der Waals surface area contributed by atoms with Crippen molar-refractivity contribution in [3.63, 3.8) is 0 Å².